The van der Waals surface area contributed by atoms with E-state index < -0.39 is 0 Å². The van der Waals surface area contributed by atoms with E-state index in [9.17, 15) is 4.79 Å². The van der Waals surface area contributed by atoms with Crippen LogP contribution in [-0.2, 0) is 4.79 Å². The number of hydrogen-bond donors (Lipinski definition) is 0. The molecule has 2 aliphatic carbocycles. The SMILES string of the molecule is CCC[C@H]1CC[C@H](C2CCC(C(=O)Oc3ccc(C#N)cc3)CC2)CC1. The third-order valence-electron chi connectivity index (χ3n) is 6.56. The van der Waals surface area contributed by atoms with Crippen LogP contribution in [0, 0.1) is 35.0 Å². The van der Waals surface area contributed by atoms with Gasteiger partial charge in [0.25, 0.3) is 0 Å². The summed E-state index contributed by atoms with van der Waals surface area (Å²) in [6.07, 6.45) is 12.6. The number of hydrogen-bond acceptors (Lipinski definition) is 3. The molecule has 1 aromatic carbocycles. The number of nitriles is 1. The Bertz CT molecular complexity index is 615. The molecular formula is C23H31NO2. The maximum atomic E-state index is 12.4. The Morgan fingerprint density at radius 3 is 2.12 bits per heavy atom. The van der Waals surface area contributed by atoms with Crippen LogP contribution in [-0.4, -0.2) is 5.97 Å². The van der Waals surface area contributed by atoms with Gasteiger partial charge in [-0.1, -0.05) is 32.6 Å². The van der Waals surface area contributed by atoms with Gasteiger partial charge in [-0.05, 0) is 80.5 Å². The number of carbonyl (C=O) groups is 1. The predicted molar refractivity (Wildman–Crippen MR) is 103 cm³/mol. The van der Waals surface area contributed by atoms with Crippen LogP contribution in [0.15, 0.2) is 24.3 Å². The van der Waals surface area contributed by atoms with E-state index in [1.807, 2.05) is 0 Å². The molecule has 3 nitrogen and oxygen atoms in total. The summed E-state index contributed by atoms with van der Waals surface area (Å²) in [7, 11) is 0. The number of rotatable bonds is 5. The fraction of sp³-hybridized carbons (Fsp3) is 0.652. The van der Waals surface area contributed by atoms with E-state index in [4.69, 9.17) is 10.00 Å². The van der Waals surface area contributed by atoms with Crippen molar-refractivity contribution in [2.75, 3.05) is 0 Å². The van der Waals surface area contributed by atoms with Gasteiger partial charge in [-0.2, -0.15) is 5.26 Å². The minimum atomic E-state index is -0.0974. The number of ether oxygens (including phenoxy) is 1. The molecule has 3 heteroatoms. The van der Waals surface area contributed by atoms with E-state index in [-0.39, 0.29) is 11.9 Å². The van der Waals surface area contributed by atoms with E-state index in [1.54, 1.807) is 24.3 Å². The molecule has 0 saturated heterocycles. The highest BCUT2D eigenvalue weighted by Gasteiger charge is 2.33. The van der Waals surface area contributed by atoms with Gasteiger partial charge in [0.05, 0.1) is 17.6 Å². The lowest BCUT2D eigenvalue weighted by Gasteiger charge is -2.37. The lowest BCUT2D eigenvalue weighted by molar-refractivity contribution is -0.140. The first kappa shape index (κ1) is 19.0. The Hall–Kier alpha value is -1.82. The van der Waals surface area contributed by atoms with Crippen molar-refractivity contribution in [2.45, 2.75) is 71.1 Å². The summed E-state index contributed by atoms with van der Waals surface area (Å²) in [5, 5.41) is 8.83. The van der Waals surface area contributed by atoms with Crippen molar-refractivity contribution in [3.63, 3.8) is 0 Å². The number of carbonyl (C=O) groups excluding carboxylic acids is 1. The molecule has 2 aliphatic rings. The van der Waals surface area contributed by atoms with Crippen molar-refractivity contribution in [3.05, 3.63) is 29.8 Å². The van der Waals surface area contributed by atoms with Crippen LogP contribution < -0.4 is 4.74 Å². The largest absolute Gasteiger partial charge is 0.426 e. The highest BCUT2D eigenvalue weighted by Crippen LogP contribution is 2.42. The quantitative estimate of drug-likeness (QED) is 0.491. The van der Waals surface area contributed by atoms with Gasteiger partial charge in [0.2, 0.25) is 0 Å². The molecule has 0 aromatic heterocycles. The summed E-state index contributed by atoms with van der Waals surface area (Å²) in [5.41, 5.74) is 0.582. The van der Waals surface area contributed by atoms with Crippen LogP contribution in [0.2, 0.25) is 0 Å². The van der Waals surface area contributed by atoms with Gasteiger partial charge in [-0.25, -0.2) is 0 Å². The summed E-state index contributed by atoms with van der Waals surface area (Å²) in [5.74, 6) is 3.16. The predicted octanol–water partition coefficient (Wildman–Crippen LogP) is 5.88. The zero-order valence-corrected chi connectivity index (χ0v) is 16.0. The standard InChI is InChI=1S/C23H31NO2/c1-2-3-17-4-8-19(9-5-17)20-10-12-21(13-11-20)23(25)26-22-14-6-18(16-24)7-15-22/h6-7,14-15,17,19-21H,2-5,8-13H2,1H3/t17-,19-,20?,21?. The van der Waals surface area contributed by atoms with Crippen LogP contribution in [0.1, 0.15) is 76.7 Å². The molecular weight excluding hydrogens is 322 g/mol. The summed E-state index contributed by atoms with van der Waals surface area (Å²) >= 11 is 0. The average molecular weight is 354 g/mol. The first-order valence-electron chi connectivity index (χ1n) is 10.4. The van der Waals surface area contributed by atoms with E-state index in [0.717, 1.165) is 30.6 Å². The normalized spacial score (nSPS) is 28.9. The molecule has 0 atom stereocenters. The van der Waals surface area contributed by atoms with Gasteiger partial charge in [-0.15, -0.1) is 0 Å². The Morgan fingerprint density at radius 2 is 1.58 bits per heavy atom. The summed E-state index contributed by atoms with van der Waals surface area (Å²) in [4.78, 5) is 12.4. The molecule has 0 N–H and O–H groups in total. The number of esters is 1. The van der Waals surface area contributed by atoms with E-state index >= 15 is 0 Å². The third kappa shape index (κ3) is 4.87. The van der Waals surface area contributed by atoms with Crippen molar-refractivity contribution >= 4 is 5.97 Å². The van der Waals surface area contributed by atoms with Crippen LogP contribution in [0.5, 0.6) is 5.75 Å². The Labute approximate surface area is 157 Å². The molecule has 0 spiro atoms. The van der Waals surface area contributed by atoms with Gasteiger partial charge in [0.1, 0.15) is 5.75 Å². The molecule has 0 heterocycles. The molecule has 0 aliphatic heterocycles. The molecule has 26 heavy (non-hydrogen) atoms. The molecule has 140 valence electrons. The van der Waals surface area contributed by atoms with Crippen molar-refractivity contribution in [1.82, 2.24) is 0 Å². The number of nitrogens with zero attached hydrogens (tertiary/aromatic N) is 1. The second-order valence-electron chi connectivity index (χ2n) is 8.24. The lowest BCUT2D eigenvalue weighted by Crippen LogP contribution is -2.30. The second-order valence-corrected chi connectivity index (χ2v) is 8.24. The van der Waals surface area contributed by atoms with E-state index in [1.165, 1.54) is 51.4 Å². The molecule has 2 fully saturated rings. The van der Waals surface area contributed by atoms with Crippen LogP contribution in [0.25, 0.3) is 0 Å². The van der Waals surface area contributed by atoms with Crippen molar-refractivity contribution in [1.29, 1.82) is 5.26 Å². The topological polar surface area (TPSA) is 50.1 Å². The molecule has 0 amide bonds. The molecule has 3 rings (SSSR count). The maximum absolute atomic E-state index is 12.4. The zero-order chi connectivity index (χ0) is 18.4. The minimum absolute atomic E-state index is 0.0401. The fourth-order valence-corrected chi connectivity index (χ4v) is 4.98. The average Bonchev–Trinajstić information content (AvgIpc) is 2.69. The van der Waals surface area contributed by atoms with Crippen molar-refractivity contribution < 1.29 is 9.53 Å². The molecule has 0 bridgehead atoms. The van der Waals surface area contributed by atoms with Gasteiger partial charge in [0, 0.05) is 0 Å². The summed E-state index contributed by atoms with van der Waals surface area (Å²) < 4.78 is 5.53. The first-order chi connectivity index (χ1) is 12.7. The zero-order valence-electron chi connectivity index (χ0n) is 16.0. The minimum Gasteiger partial charge on any atom is -0.426 e. The van der Waals surface area contributed by atoms with E-state index in [0.29, 0.717) is 11.3 Å². The van der Waals surface area contributed by atoms with Gasteiger partial charge < -0.3 is 4.74 Å². The van der Waals surface area contributed by atoms with Crippen LogP contribution in [0.3, 0.4) is 0 Å². The molecule has 1 aromatic rings. The number of benzene rings is 1. The lowest BCUT2D eigenvalue weighted by atomic mass is 9.69. The van der Waals surface area contributed by atoms with Gasteiger partial charge in [0.15, 0.2) is 0 Å². The summed E-state index contributed by atoms with van der Waals surface area (Å²) in [6, 6.07) is 8.86. The van der Waals surface area contributed by atoms with Crippen LogP contribution >= 0.6 is 0 Å². The highest BCUT2D eigenvalue weighted by atomic mass is 16.5. The van der Waals surface area contributed by atoms with Gasteiger partial charge in [-0.3, -0.25) is 4.79 Å². The molecule has 0 unspecified atom stereocenters. The molecule has 0 radical (unpaired) electrons. The smallest absolute Gasteiger partial charge is 0.314 e. The maximum Gasteiger partial charge on any atom is 0.314 e. The Kier molecular flexibility index (Phi) is 6.72. The Morgan fingerprint density at radius 1 is 1.00 bits per heavy atom. The van der Waals surface area contributed by atoms with Crippen molar-refractivity contribution in [2.24, 2.45) is 23.7 Å². The van der Waals surface area contributed by atoms with Crippen molar-refractivity contribution in [3.8, 4) is 11.8 Å². The van der Waals surface area contributed by atoms with Gasteiger partial charge >= 0.3 is 5.97 Å². The Balaban J connectivity index is 1.43. The highest BCUT2D eigenvalue weighted by molar-refractivity contribution is 5.75. The van der Waals surface area contributed by atoms with Crippen LogP contribution in [0.4, 0.5) is 0 Å². The molecule has 2 saturated carbocycles. The van der Waals surface area contributed by atoms with E-state index in [2.05, 4.69) is 13.0 Å². The first-order valence-corrected chi connectivity index (χ1v) is 10.4. The monoisotopic (exact) mass is 353 g/mol. The second kappa shape index (κ2) is 9.21. The third-order valence-corrected chi connectivity index (χ3v) is 6.56. The summed E-state index contributed by atoms with van der Waals surface area (Å²) in [6.45, 7) is 2.30. The fourth-order valence-electron chi connectivity index (χ4n) is 4.98.